The second-order valence-electron chi connectivity index (χ2n) is 5.59. The highest BCUT2D eigenvalue weighted by Crippen LogP contribution is 2.31. The third-order valence-corrected chi connectivity index (χ3v) is 3.66. The van der Waals surface area contributed by atoms with Crippen molar-refractivity contribution in [3.63, 3.8) is 0 Å². The van der Waals surface area contributed by atoms with Gasteiger partial charge in [-0.3, -0.25) is 4.90 Å². The molecule has 0 aliphatic heterocycles. The third-order valence-electron chi connectivity index (χ3n) is 3.66. The summed E-state index contributed by atoms with van der Waals surface area (Å²) in [7, 11) is 1.78. The topological polar surface area (TPSA) is 38.5 Å². The minimum Gasteiger partial charge on any atom is -0.379 e. The standard InChI is InChI=1S/C13H28N2O/c1-5-15(10-11-6-7-11)12(9-14)8-13(2,3)16-4/h11-12H,5-10,14H2,1-4H3. The summed E-state index contributed by atoms with van der Waals surface area (Å²) in [6.07, 6.45) is 3.82. The molecule has 0 bridgehead atoms. The number of methoxy groups -OCH3 is 1. The second kappa shape index (κ2) is 5.99. The van der Waals surface area contributed by atoms with E-state index in [1.54, 1.807) is 7.11 Å². The zero-order valence-corrected chi connectivity index (χ0v) is 11.3. The molecule has 1 aliphatic rings. The minimum atomic E-state index is -0.0684. The first-order chi connectivity index (χ1) is 7.52. The number of ether oxygens (including phenoxy) is 1. The summed E-state index contributed by atoms with van der Waals surface area (Å²) in [5.74, 6) is 0.930. The van der Waals surface area contributed by atoms with E-state index in [1.165, 1.54) is 19.4 Å². The van der Waals surface area contributed by atoms with Crippen LogP contribution in [-0.4, -0.2) is 43.3 Å². The van der Waals surface area contributed by atoms with Crippen LogP contribution in [0.15, 0.2) is 0 Å². The quantitative estimate of drug-likeness (QED) is 0.689. The van der Waals surface area contributed by atoms with Crippen molar-refractivity contribution >= 4 is 0 Å². The normalized spacial score (nSPS) is 19.1. The maximum atomic E-state index is 5.91. The number of rotatable bonds is 8. The SMILES string of the molecule is CCN(CC1CC1)C(CN)CC(C)(C)OC. The van der Waals surface area contributed by atoms with Gasteiger partial charge in [-0.05, 0) is 45.6 Å². The number of hydrogen-bond acceptors (Lipinski definition) is 3. The van der Waals surface area contributed by atoms with Crippen LogP contribution in [0.4, 0.5) is 0 Å². The first kappa shape index (κ1) is 13.9. The molecule has 1 aliphatic carbocycles. The monoisotopic (exact) mass is 228 g/mol. The third kappa shape index (κ3) is 4.40. The molecule has 2 N–H and O–H groups in total. The zero-order valence-electron chi connectivity index (χ0n) is 11.3. The highest BCUT2D eigenvalue weighted by atomic mass is 16.5. The Balaban J connectivity index is 2.48. The van der Waals surface area contributed by atoms with Gasteiger partial charge in [0.15, 0.2) is 0 Å². The van der Waals surface area contributed by atoms with Crippen LogP contribution in [0.5, 0.6) is 0 Å². The van der Waals surface area contributed by atoms with Crippen molar-refractivity contribution in [2.45, 2.75) is 51.7 Å². The van der Waals surface area contributed by atoms with E-state index in [0.717, 1.165) is 25.4 Å². The molecule has 1 unspecified atom stereocenters. The molecule has 3 nitrogen and oxygen atoms in total. The minimum absolute atomic E-state index is 0.0684. The molecule has 96 valence electrons. The highest BCUT2D eigenvalue weighted by molar-refractivity contribution is 4.85. The van der Waals surface area contributed by atoms with E-state index in [9.17, 15) is 0 Å². The number of nitrogens with two attached hydrogens (primary N) is 1. The Morgan fingerprint density at radius 3 is 2.44 bits per heavy atom. The van der Waals surface area contributed by atoms with E-state index in [4.69, 9.17) is 10.5 Å². The highest BCUT2D eigenvalue weighted by Gasteiger charge is 2.30. The van der Waals surface area contributed by atoms with Gasteiger partial charge in [-0.15, -0.1) is 0 Å². The van der Waals surface area contributed by atoms with E-state index < -0.39 is 0 Å². The Bertz CT molecular complexity index is 202. The summed E-state index contributed by atoms with van der Waals surface area (Å²) < 4.78 is 5.50. The summed E-state index contributed by atoms with van der Waals surface area (Å²) in [6, 6.07) is 0.459. The lowest BCUT2D eigenvalue weighted by Gasteiger charge is -2.35. The lowest BCUT2D eigenvalue weighted by molar-refractivity contribution is -0.00759. The number of hydrogen-bond donors (Lipinski definition) is 1. The Kier molecular flexibility index (Phi) is 5.22. The van der Waals surface area contributed by atoms with Gasteiger partial charge in [-0.25, -0.2) is 0 Å². The molecule has 0 radical (unpaired) electrons. The Morgan fingerprint density at radius 1 is 1.44 bits per heavy atom. The lowest BCUT2D eigenvalue weighted by Crippen LogP contribution is -2.46. The lowest BCUT2D eigenvalue weighted by atomic mass is 9.97. The van der Waals surface area contributed by atoms with Crippen LogP contribution >= 0.6 is 0 Å². The van der Waals surface area contributed by atoms with Crippen LogP contribution in [0.2, 0.25) is 0 Å². The second-order valence-corrected chi connectivity index (χ2v) is 5.59. The molecular formula is C13H28N2O. The summed E-state index contributed by atoms with van der Waals surface area (Å²) in [5.41, 5.74) is 5.84. The molecule has 0 aromatic heterocycles. The van der Waals surface area contributed by atoms with Gasteiger partial charge in [0.2, 0.25) is 0 Å². The van der Waals surface area contributed by atoms with Crippen LogP contribution in [0.1, 0.15) is 40.0 Å². The van der Waals surface area contributed by atoms with Gasteiger partial charge in [0.25, 0.3) is 0 Å². The fourth-order valence-corrected chi connectivity index (χ4v) is 2.18. The molecular weight excluding hydrogens is 200 g/mol. The van der Waals surface area contributed by atoms with Gasteiger partial charge < -0.3 is 10.5 Å². The van der Waals surface area contributed by atoms with Crippen LogP contribution in [0.25, 0.3) is 0 Å². The van der Waals surface area contributed by atoms with Crippen molar-refractivity contribution in [1.82, 2.24) is 4.90 Å². The molecule has 0 heterocycles. The van der Waals surface area contributed by atoms with Gasteiger partial charge in [0.05, 0.1) is 5.60 Å². The molecule has 1 fully saturated rings. The Labute approximate surface area is 100 Å². The molecule has 0 aromatic rings. The predicted molar refractivity (Wildman–Crippen MR) is 68.5 cm³/mol. The van der Waals surface area contributed by atoms with Gasteiger partial charge in [-0.2, -0.15) is 0 Å². The average molecular weight is 228 g/mol. The largest absolute Gasteiger partial charge is 0.379 e. The predicted octanol–water partition coefficient (Wildman–Crippen LogP) is 1.86. The van der Waals surface area contributed by atoms with Crippen LogP contribution in [0, 0.1) is 5.92 Å². The number of nitrogens with zero attached hydrogens (tertiary/aromatic N) is 1. The fraction of sp³-hybridized carbons (Fsp3) is 1.00. The van der Waals surface area contributed by atoms with Gasteiger partial charge in [0.1, 0.15) is 0 Å². The van der Waals surface area contributed by atoms with E-state index >= 15 is 0 Å². The summed E-state index contributed by atoms with van der Waals surface area (Å²) in [6.45, 7) is 9.55. The van der Waals surface area contributed by atoms with E-state index in [2.05, 4.69) is 25.7 Å². The van der Waals surface area contributed by atoms with Crippen molar-refractivity contribution in [3.8, 4) is 0 Å². The first-order valence-corrected chi connectivity index (χ1v) is 6.51. The maximum absolute atomic E-state index is 5.91. The molecule has 3 heteroatoms. The van der Waals surface area contributed by atoms with Crippen LogP contribution in [-0.2, 0) is 4.74 Å². The smallest absolute Gasteiger partial charge is 0.0638 e. The average Bonchev–Trinajstić information content (AvgIpc) is 3.07. The zero-order chi connectivity index (χ0) is 12.2. The number of likely N-dealkylation sites (N-methyl/N-ethyl adjacent to an activating group) is 1. The van der Waals surface area contributed by atoms with Crippen molar-refractivity contribution in [3.05, 3.63) is 0 Å². The molecule has 0 amide bonds. The van der Waals surface area contributed by atoms with Gasteiger partial charge in [0, 0.05) is 26.2 Å². The van der Waals surface area contributed by atoms with Crippen molar-refractivity contribution in [2.24, 2.45) is 11.7 Å². The van der Waals surface area contributed by atoms with Crippen LogP contribution < -0.4 is 5.73 Å². The molecule has 0 spiro atoms. The molecule has 0 aromatic carbocycles. The summed E-state index contributed by atoms with van der Waals surface area (Å²) in [5, 5.41) is 0. The maximum Gasteiger partial charge on any atom is 0.0638 e. The molecule has 1 atom stereocenters. The molecule has 16 heavy (non-hydrogen) atoms. The molecule has 1 rings (SSSR count). The van der Waals surface area contributed by atoms with Crippen molar-refractivity contribution in [2.75, 3.05) is 26.7 Å². The first-order valence-electron chi connectivity index (χ1n) is 6.51. The van der Waals surface area contributed by atoms with Crippen LogP contribution in [0.3, 0.4) is 0 Å². The van der Waals surface area contributed by atoms with Gasteiger partial charge in [-0.1, -0.05) is 6.92 Å². The van der Waals surface area contributed by atoms with Crippen molar-refractivity contribution in [1.29, 1.82) is 0 Å². The summed E-state index contributed by atoms with van der Waals surface area (Å²) >= 11 is 0. The van der Waals surface area contributed by atoms with E-state index in [-0.39, 0.29) is 5.60 Å². The Hall–Kier alpha value is -0.120. The molecule has 0 saturated heterocycles. The van der Waals surface area contributed by atoms with Gasteiger partial charge >= 0.3 is 0 Å². The fourth-order valence-electron chi connectivity index (χ4n) is 2.18. The van der Waals surface area contributed by atoms with Crippen molar-refractivity contribution < 1.29 is 4.74 Å². The summed E-state index contributed by atoms with van der Waals surface area (Å²) in [4.78, 5) is 2.53. The molecule has 1 saturated carbocycles. The van der Waals surface area contributed by atoms with E-state index in [1.807, 2.05) is 0 Å². The van der Waals surface area contributed by atoms with E-state index in [0.29, 0.717) is 6.04 Å². The Morgan fingerprint density at radius 2 is 2.06 bits per heavy atom.